The van der Waals surface area contributed by atoms with E-state index in [1.54, 1.807) is 18.2 Å². The minimum absolute atomic E-state index is 0.0566. The Morgan fingerprint density at radius 1 is 1.20 bits per heavy atom. The monoisotopic (exact) mass is 423 g/mol. The Bertz CT molecular complexity index is 1150. The van der Waals surface area contributed by atoms with E-state index < -0.39 is 6.10 Å². The summed E-state index contributed by atoms with van der Waals surface area (Å²) in [5, 5.41) is 11.1. The van der Waals surface area contributed by atoms with Crippen molar-refractivity contribution >= 4 is 29.1 Å². The second kappa shape index (κ2) is 7.49. The van der Waals surface area contributed by atoms with E-state index in [1.807, 2.05) is 31.2 Å². The molecule has 30 heavy (non-hydrogen) atoms. The van der Waals surface area contributed by atoms with Crippen LogP contribution in [0.2, 0.25) is 0 Å². The van der Waals surface area contributed by atoms with Gasteiger partial charge < -0.3 is 19.2 Å². The van der Waals surface area contributed by atoms with Crippen molar-refractivity contribution in [3.63, 3.8) is 0 Å². The van der Waals surface area contributed by atoms with Gasteiger partial charge in [-0.15, -0.1) is 10.2 Å². The number of carbonyl (C=O) groups excluding carboxylic acids is 2. The number of rotatable bonds is 5. The van der Waals surface area contributed by atoms with Crippen LogP contribution in [-0.4, -0.2) is 34.2 Å². The van der Waals surface area contributed by atoms with Gasteiger partial charge in [0, 0.05) is 11.3 Å². The zero-order valence-electron chi connectivity index (χ0n) is 16.0. The van der Waals surface area contributed by atoms with Crippen LogP contribution in [0.25, 0.3) is 0 Å². The van der Waals surface area contributed by atoms with Gasteiger partial charge in [0.2, 0.25) is 12.0 Å². The summed E-state index contributed by atoms with van der Waals surface area (Å²) in [7, 11) is 0. The molecule has 0 unspecified atom stereocenters. The van der Waals surface area contributed by atoms with Crippen LogP contribution < -0.4 is 14.8 Å². The number of Topliss-reactive ketones (excluding diaryl/α,β-unsaturated/α-hetero) is 1. The number of fused-ring (bicyclic) bond motifs is 2. The summed E-state index contributed by atoms with van der Waals surface area (Å²) in [5.41, 5.74) is 2.14. The van der Waals surface area contributed by atoms with E-state index in [0.29, 0.717) is 23.0 Å². The van der Waals surface area contributed by atoms with E-state index in [1.165, 1.54) is 0 Å². The molecule has 3 aromatic rings. The van der Waals surface area contributed by atoms with Crippen molar-refractivity contribution in [2.24, 2.45) is 0 Å². The van der Waals surface area contributed by atoms with Crippen LogP contribution in [-0.2, 0) is 4.79 Å². The molecule has 0 radical (unpaired) electrons. The molecule has 1 amide bonds. The van der Waals surface area contributed by atoms with Crippen LogP contribution in [0.3, 0.4) is 0 Å². The number of benzene rings is 2. The van der Waals surface area contributed by atoms with Crippen molar-refractivity contribution in [2.75, 3.05) is 17.7 Å². The molecule has 0 fully saturated rings. The third-order valence-electron chi connectivity index (χ3n) is 5.02. The fourth-order valence-electron chi connectivity index (χ4n) is 3.35. The summed E-state index contributed by atoms with van der Waals surface area (Å²) in [6, 6.07) is 12.6. The number of para-hydroxylation sites is 2. The van der Waals surface area contributed by atoms with Gasteiger partial charge in [-0.25, -0.2) is 0 Å². The Kier molecular flexibility index (Phi) is 4.66. The molecule has 0 spiro atoms. The Balaban J connectivity index is 1.23. The van der Waals surface area contributed by atoms with Gasteiger partial charge in [0.1, 0.15) is 6.61 Å². The van der Waals surface area contributed by atoms with Crippen LogP contribution in [0, 0.1) is 0 Å². The standard InChI is InChI=1S/C21H17N3O5S/c1-11-13-8-12(6-7-14(13)22-19(11)26)15(25)10-30-21-24-23-20(29-21)18-9-27-16-4-2-3-5-17(16)28-18/h2-8,11,18H,9-10H2,1H3,(H,22,26)/t11-,18+/m1/s1. The Hall–Kier alpha value is -3.33. The maximum atomic E-state index is 12.6. The number of amides is 1. The van der Waals surface area contributed by atoms with E-state index >= 15 is 0 Å². The number of aromatic nitrogens is 2. The smallest absolute Gasteiger partial charge is 0.277 e. The quantitative estimate of drug-likeness (QED) is 0.490. The molecule has 9 heteroatoms. The maximum absolute atomic E-state index is 12.6. The van der Waals surface area contributed by atoms with Crippen molar-refractivity contribution in [1.29, 1.82) is 0 Å². The average Bonchev–Trinajstić information content (AvgIpc) is 3.36. The highest BCUT2D eigenvalue weighted by atomic mass is 32.2. The predicted molar refractivity (Wildman–Crippen MR) is 108 cm³/mol. The Morgan fingerprint density at radius 3 is 2.90 bits per heavy atom. The van der Waals surface area contributed by atoms with Crippen molar-refractivity contribution in [1.82, 2.24) is 10.2 Å². The van der Waals surface area contributed by atoms with Crippen LogP contribution in [0.4, 0.5) is 5.69 Å². The SMILES string of the molecule is C[C@H]1C(=O)Nc2ccc(C(=O)CSc3nnc([C@@H]4COc5ccccc5O4)o3)cc21. The fourth-order valence-corrected chi connectivity index (χ4v) is 4.02. The number of anilines is 1. The summed E-state index contributed by atoms with van der Waals surface area (Å²) in [4.78, 5) is 24.4. The third-order valence-corrected chi connectivity index (χ3v) is 5.84. The highest BCUT2D eigenvalue weighted by molar-refractivity contribution is 7.99. The molecule has 2 atom stereocenters. The van der Waals surface area contributed by atoms with E-state index in [4.69, 9.17) is 13.9 Å². The van der Waals surface area contributed by atoms with Crippen molar-refractivity contribution in [3.05, 3.63) is 59.5 Å². The van der Waals surface area contributed by atoms with Gasteiger partial charge in [-0.2, -0.15) is 0 Å². The highest BCUT2D eigenvalue weighted by Crippen LogP contribution is 2.36. The van der Waals surface area contributed by atoms with Gasteiger partial charge in [-0.05, 0) is 42.8 Å². The molecular formula is C21H17N3O5S. The zero-order valence-corrected chi connectivity index (χ0v) is 16.8. The summed E-state index contributed by atoms with van der Waals surface area (Å²) >= 11 is 1.16. The Morgan fingerprint density at radius 2 is 2.03 bits per heavy atom. The molecule has 0 aliphatic carbocycles. The summed E-state index contributed by atoms with van der Waals surface area (Å²) in [6.07, 6.45) is -0.499. The third kappa shape index (κ3) is 3.41. The van der Waals surface area contributed by atoms with E-state index in [-0.39, 0.29) is 35.2 Å². The molecule has 1 N–H and O–H groups in total. The summed E-state index contributed by atoms with van der Waals surface area (Å²) in [6.45, 7) is 2.09. The molecule has 0 saturated carbocycles. The summed E-state index contributed by atoms with van der Waals surface area (Å²) < 4.78 is 17.2. The first-order chi connectivity index (χ1) is 14.6. The minimum atomic E-state index is -0.499. The number of nitrogens with one attached hydrogen (secondary N) is 1. The van der Waals surface area contributed by atoms with Crippen molar-refractivity contribution < 1.29 is 23.5 Å². The normalized spacial score (nSPS) is 19.3. The molecule has 0 saturated heterocycles. The van der Waals surface area contributed by atoms with Crippen molar-refractivity contribution in [2.45, 2.75) is 24.2 Å². The molecule has 5 rings (SSSR count). The molecule has 1 aromatic heterocycles. The molecule has 2 aliphatic rings. The second-order valence-corrected chi connectivity index (χ2v) is 7.92. The van der Waals surface area contributed by atoms with Gasteiger partial charge in [0.15, 0.2) is 17.3 Å². The lowest BCUT2D eigenvalue weighted by atomic mass is 9.99. The van der Waals surface area contributed by atoms with Crippen LogP contribution in [0.5, 0.6) is 11.5 Å². The van der Waals surface area contributed by atoms with Crippen LogP contribution >= 0.6 is 11.8 Å². The number of ketones is 1. The van der Waals surface area contributed by atoms with Gasteiger partial charge in [0.25, 0.3) is 11.1 Å². The fraction of sp³-hybridized carbons (Fsp3) is 0.238. The minimum Gasteiger partial charge on any atom is -0.485 e. The largest absolute Gasteiger partial charge is 0.485 e. The van der Waals surface area contributed by atoms with Gasteiger partial charge in [-0.1, -0.05) is 23.9 Å². The van der Waals surface area contributed by atoms with Crippen LogP contribution in [0.15, 0.2) is 52.1 Å². The highest BCUT2D eigenvalue weighted by Gasteiger charge is 2.29. The topological polar surface area (TPSA) is 104 Å². The number of nitrogens with zero attached hydrogens (tertiary/aromatic N) is 2. The molecule has 8 nitrogen and oxygen atoms in total. The number of hydrogen-bond acceptors (Lipinski definition) is 8. The lowest BCUT2D eigenvalue weighted by molar-refractivity contribution is -0.116. The van der Waals surface area contributed by atoms with Gasteiger partial charge in [-0.3, -0.25) is 9.59 Å². The first kappa shape index (κ1) is 18.7. The summed E-state index contributed by atoms with van der Waals surface area (Å²) in [5.74, 6) is 1.33. The molecule has 0 bridgehead atoms. The number of hydrogen-bond donors (Lipinski definition) is 1. The molecule has 152 valence electrons. The number of thioether (sulfide) groups is 1. The molecule has 2 aliphatic heterocycles. The first-order valence-electron chi connectivity index (χ1n) is 9.41. The van der Waals surface area contributed by atoms with Gasteiger partial charge in [0.05, 0.1) is 11.7 Å². The zero-order chi connectivity index (χ0) is 20.7. The van der Waals surface area contributed by atoms with E-state index in [2.05, 4.69) is 15.5 Å². The second-order valence-electron chi connectivity index (χ2n) is 7.00. The van der Waals surface area contributed by atoms with E-state index in [0.717, 1.165) is 23.0 Å². The van der Waals surface area contributed by atoms with Crippen LogP contribution in [0.1, 0.15) is 40.8 Å². The van der Waals surface area contributed by atoms with E-state index in [9.17, 15) is 9.59 Å². The average molecular weight is 423 g/mol. The predicted octanol–water partition coefficient (Wildman–Crippen LogP) is 3.61. The molecular weight excluding hydrogens is 406 g/mol. The Labute approximate surface area is 176 Å². The van der Waals surface area contributed by atoms with Gasteiger partial charge >= 0.3 is 0 Å². The number of ether oxygens (including phenoxy) is 2. The molecule has 3 heterocycles. The lowest BCUT2D eigenvalue weighted by Crippen LogP contribution is -2.21. The number of carbonyl (C=O) groups is 2. The maximum Gasteiger partial charge on any atom is 0.277 e. The van der Waals surface area contributed by atoms with Crippen molar-refractivity contribution in [3.8, 4) is 11.5 Å². The first-order valence-corrected chi connectivity index (χ1v) is 10.4. The molecule has 2 aromatic carbocycles. The lowest BCUT2D eigenvalue weighted by Gasteiger charge is -2.23.